The fraction of sp³-hybridized carbons (Fsp3) is 0.423. The molecule has 376 valence electrons. The number of aryl methyl sites for hydroxylation is 4. The summed E-state index contributed by atoms with van der Waals surface area (Å²) >= 11 is 0. The van der Waals surface area contributed by atoms with Crippen LogP contribution in [0.4, 0.5) is 54.8 Å². The number of carboxylic acid groups (broad SMARTS) is 1. The van der Waals surface area contributed by atoms with Crippen LogP contribution in [0, 0.1) is 68.3 Å². The van der Waals surface area contributed by atoms with Gasteiger partial charge in [-0.05, 0) is 98.2 Å². The zero-order valence-corrected chi connectivity index (χ0v) is 37.1. The molecule has 17 heteroatoms. The van der Waals surface area contributed by atoms with Crippen molar-refractivity contribution in [3.05, 3.63) is 123 Å². The van der Waals surface area contributed by atoms with Crippen molar-refractivity contribution in [3.8, 4) is 6.07 Å². The molecule has 2 atom stereocenters. The van der Waals surface area contributed by atoms with Crippen molar-refractivity contribution in [2.45, 2.75) is 110 Å². The minimum atomic E-state index is -4.65. The summed E-state index contributed by atoms with van der Waals surface area (Å²) < 4.78 is 76.0. The van der Waals surface area contributed by atoms with E-state index in [1.807, 2.05) is 91.8 Å². The predicted octanol–water partition coefficient (Wildman–Crippen LogP) is 13.4. The Labute approximate surface area is 403 Å². The number of benzene rings is 4. The number of rotatable bonds is 7. The van der Waals surface area contributed by atoms with Gasteiger partial charge in [0, 0.05) is 54.2 Å². The molecule has 2 aliphatic heterocycles. The van der Waals surface area contributed by atoms with Crippen molar-refractivity contribution in [2.75, 3.05) is 33.9 Å². The van der Waals surface area contributed by atoms with Crippen LogP contribution in [0.3, 0.4) is 0 Å². The van der Waals surface area contributed by atoms with Crippen molar-refractivity contribution in [1.29, 1.82) is 5.26 Å². The van der Waals surface area contributed by atoms with E-state index in [9.17, 15) is 50.6 Å². The number of hydrogen-bond acceptors (Lipinski definition) is 6. The average molecular weight is 969 g/mol. The summed E-state index contributed by atoms with van der Waals surface area (Å²) in [5.41, 5.74) is 6.08. The first-order chi connectivity index (χ1) is 30.1. The highest BCUT2D eigenvalue weighted by atomic mass is 19.4. The standard InChI is InChI=1S/C24H24F3N3O2.C16H21NO3.C8H5F3N2.4CH4/c1-14(2)23(12-20(31)30(13-23)21-15(3)7-6-8-16(21)4)22(32)29-19-10-17(24(25,26)27)9-18(11-19)28-5;1-10(2)16(15(19)20)8-13(18)17(9-16)14-11(3)6-5-7-12(14)4;9-8(10,11)6-1-5(4-12)2-7(13)3-6;;;;/h6-11,14H,12-13H2,1-4H3,(H,29,32);5-7,10H,8-9H2,1-4H3,(H,19,20);1-3H,13H2;4*1H4/t23-;16-;;;;;/m00...../s1. The Morgan fingerprint density at radius 3 is 1.49 bits per heavy atom. The van der Waals surface area contributed by atoms with Gasteiger partial charge in [0.05, 0.1) is 34.6 Å². The first-order valence-electron chi connectivity index (χ1n) is 20.4. The summed E-state index contributed by atoms with van der Waals surface area (Å²) in [6, 6.07) is 18.6. The minimum absolute atomic E-state index is 0. The number of carbonyl (C=O) groups excluding carboxylic acids is 3. The third-order valence-corrected chi connectivity index (χ3v) is 12.0. The van der Waals surface area contributed by atoms with Crippen LogP contribution < -0.4 is 20.9 Å². The molecule has 3 amide bonds. The normalized spacial score (nSPS) is 17.3. The molecule has 69 heavy (non-hydrogen) atoms. The van der Waals surface area contributed by atoms with E-state index in [4.69, 9.17) is 17.6 Å². The molecule has 0 spiro atoms. The lowest BCUT2D eigenvalue weighted by molar-refractivity contribution is -0.151. The first-order valence-corrected chi connectivity index (χ1v) is 20.4. The van der Waals surface area contributed by atoms with Gasteiger partial charge in [0.2, 0.25) is 17.7 Å². The maximum absolute atomic E-state index is 13.4. The van der Waals surface area contributed by atoms with Crippen molar-refractivity contribution >= 4 is 52.1 Å². The Morgan fingerprint density at radius 1 is 0.725 bits per heavy atom. The van der Waals surface area contributed by atoms with E-state index < -0.39 is 46.2 Å². The lowest BCUT2D eigenvalue weighted by Gasteiger charge is -2.32. The molecule has 4 aromatic rings. The molecule has 0 unspecified atom stereocenters. The molecule has 0 aromatic heterocycles. The number of carbonyl (C=O) groups is 4. The number of amides is 3. The van der Waals surface area contributed by atoms with Gasteiger partial charge in [-0.25, -0.2) is 4.85 Å². The van der Waals surface area contributed by atoms with E-state index in [0.717, 1.165) is 57.9 Å². The van der Waals surface area contributed by atoms with Crippen LogP contribution >= 0.6 is 0 Å². The summed E-state index contributed by atoms with van der Waals surface area (Å²) in [5, 5.41) is 20.5. The molecule has 2 saturated heterocycles. The molecule has 2 fully saturated rings. The smallest absolute Gasteiger partial charge is 0.416 e. The monoisotopic (exact) mass is 968 g/mol. The van der Waals surface area contributed by atoms with Crippen molar-refractivity contribution < 1.29 is 50.6 Å². The fourth-order valence-electron chi connectivity index (χ4n) is 8.08. The van der Waals surface area contributed by atoms with Gasteiger partial charge >= 0.3 is 18.3 Å². The van der Waals surface area contributed by atoms with E-state index in [-0.39, 0.29) is 102 Å². The van der Waals surface area contributed by atoms with Crippen molar-refractivity contribution in [1.82, 2.24) is 0 Å². The van der Waals surface area contributed by atoms with Crippen molar-refractivity contribution in [2.24, 2.45) is 22.7 Å². The fourth-order valence-corrected chi connectivity index (χ4v) is 8.08. The molecule has 0 aliphatic carbocycles. The Bertz CT molecular complexity index is 2540. The van der Waals surface area contributed by atoms with Crippen LogP contribution in [-0.4, -0.2) is 41.9 Å². The highest BCUT2D eigenvalue weighted by Gasteiger charge is 2.53. The summed E-state index contributed by atoms with van der Waals surface area (Å²) in [7, 11) is 0. The van der Waals surface area contributed by atoms with Gasteiger partial charge in [-0.2, -0.15) is 31.6 Å². The molecule has 4 aromatic carbocycles. The van der Waals surface area contributed by atoms with Crippen LogP contribution in [0.2, 0.25) is 0 Å². The number of alkyl halides is 6. The SMILES string of the molecule is C.C.C.C.Cc1cccc(C)c1N1C[C@](C(=O)O)(C(C)C)CC1=O.N#Cc1cc(N)cc(C(F)(F)F)c1.[C-]#[N+]c1cc(NC(=O)[C@@]2(C(C)C)CC(=O)N(c3c(C)cccc3C)C2)cc(C(F)(F)F)c1. The van der Waals surface area contributed by atoms with Gasteiger partial charge in [0.25, 0.3) is 0 Å². The van der Waals surface area contributed by atoms with E-state index >= 15 is 0 Å². The van der Waals surface area contributed by atoms with E-state index in [2.05, 4.69) is 10.2 Å². The number of nitrogen functional groups attached to an aromatic ring is 1. The quantitative estimate of drug-likeness (QED) is 0.0943. The predicted molar refractivity (Wildman–Crippen MR) is 262 cm³/mol. The number of nitriles is 1. The second-order valence-electron chi connectivity index (χ2n) is 17.0. The van der Waals surface area contributed by atoms with Crippen LogP contribution in [-0.2, 0) is 31.5 Å². The maximum atomic E-state index is 13.4. The third kappa shape index (κ3) is 13.6. The van der Waals surface area contributed by atoms with Gasteiger partial charge in [0.1, 0.15) is 0 Å². The molecule has 0 bridgehead atoms. The topological polar surface area (TPSA) is 161 Å². The summed E-state index contributed by atoms with van der Waals surface area (Å²) in [6.07, 6.45) is -9.09. The molecule has 6 rings (SSSR count). The molecule has 2 heterocycles. The van der Waals surface area contributed by atoms with Gasteiger partial charge in [-0.15, -0.1) is 0 Å². The second-order valence-corrected chi connectivity index (χ2v) is 17.0. The number of para-hydroxylation sites is 2. The number of nitrogens with one attached hydrogen (secondary N) is 1. The van der Waals surface area contributed by atoms with Crippen LogP contribution in [0.1, 0.15) is 109 Å². The number of halogens is 6. The number of nitrogens with two attached hydrogens (primary N) is 1. The van der Waals surface area contributed by atoms with Gasteiger partial charge in [-0.1, -0.05) is 93.8 Å². The van der Waals surface area contributed by atoms with E-state index in [1.165, 1.54) is 12.1 Å². The Balaban J connectivity index is 0.00000107. The van der Waals surface area contributed by atoms with E-state index in [1.54, 1.807) is 15.9 Å². The Hall–Kier alpha value is -6.88. The van der Waals surface area contributed by atoms with Crippen LogP contribution in [0.25, 0.3) is 4.85 Å². The van der Waals surface area contributed by atoms with Crippen LogP contribution in [0.15, 0.2) is 72.8 Å². The zero-order chi connectivity index (χ0) is 49.0. The van der Waals surface area contributed by atoms with Gasteiger partial charge < -0.3 is 26.0 Å². The maximum Gasteiger partial charge on any atom is 0.416 e. The molecule has 0 saturated carbocycles. The largest absolute Gasteiger partial charge is 0.481 e. The molecular formula is C52H66F6N6O5. The lowest BCUT2D eigenvalue weighted by atomic mass is 9.75. The molecule has 11 nitrogen and oxygen atoms in total. The highest BCUT2D eigenvalue weighted by molar-refractivity contribution is 6.07. The Morgan fingerprint density at radius 2 is 1.13 bits per heavy atom. The minimum Gasteiger partial charge on any atom is -0.481 e. The average Bonchev–Trinajstić information content (AvgIpc) is 3.75. The Kier molecular flexibility index (Phi) is 21.5. The molecule has 2 aliphatic rings. The van der Waals surface area contributed by atoms with Gasteiger partial charge in [0.15, 0.2) is 5.69 Å². The number of nitrogens with zero attached hydrogens (tertiary/aromatic N) is 4. The number of hydrogen-bond donors (Lipinski definition) is 3. The zero-order valence-electron chi connectivity index (χ0n) is 37.1. The van der Waals surface area contributed by atoms with Gasteiger partial charge in [-0.3, -0.25) is 19.2 Å². The molecule has 4 N–H and O–H groups in total. The lowest BCUT2D eigenvalue weighted by Crippen LogP contribution is -2.43. The molecule has 0 radical (unpaired) electrons. The first kappa shape index (κ1) is 62.1. The number of aliphatic carboxylic acids is 1. The van der Waals surface area contributed by atoms with Crippen LogP contribution in [0.5, 0.6) is 0 Å². The number of anilines is 4. The number of carboxylic acids is 1. The highest BCUT2D eigenvalue weighted by Crippen LogP contribution is 2.45. The molecular weight excluding hydrogens is 903 g/mol. The summed E-state index contributed by atoms with van der Waals surface area (Å²) in [5.74, 6) is -2.07. The van der Waals surface area contributed by atoms with E-state index in [0.29, 0.717) is 0 Å². The summed E-state index contributed by atoms with van der Waals surface area (Å²) in [6.45, 7) is 22.5. The third-order valence-electron chi connectivity index (χ3n) is 12.0. The van der Waals surface area contributed by atoms with Crippen molar-refractivity contribution in [3.63, 3.8) is 0 Å². The second kappa shape index (κ2) is 23.9. The summed E-state index contributed by atoms with van der Waals surface area (Å²) in [4.78, 5) is 56.8.